The maximum atomic E-state index is 13.8. The quantitative estimate of drug-likeness (QED) is 0.365. The molecule has 2 aromatic carbocycles. The summed E-state index contributed by atoms with van der Waals surface area (Å²) in [5.41, 5.74) is -2.18. The predicted octanol–water partition coefficient (Wildman–Crippen LogP) is 6.93. The van der Waals surface area contributed by atoms with Crippen molar-refractivity contribution in [1.29, 1.82) is 0 Å². The van der Waals surface area contributed by atoms with E-state index in [1.54, 1.807) is 0 Å². The first-order valence-electron chi connectivity index (χ1n) is 9.86. The van der Waals surface area contributed by atoms with Gasteiger partial charge in [-0.05, 0) is 29.2 Å². The van der Waals surface area contributed by atoms with Gasteiger partial charge in [0.2, 0.25) is 0 Å². The zero-order valence-corrected chi connectivity index (χ0v) is 18.7. The van der Waals surface area contributed by atoms with Crippen LogP contribution in [-0.2, 0) is 22.6 Å². The van der Waals surface area contributed by atoms with Crippen molar-refractivity contribution >= 4 is 26.3 Å². The Morgan fingerprint density at radius 3 is 2.21 bits per heavy atom. The number of rotatable bonds is 5. The third kappa shape index (κ3) is 5.61. The Hall–Kier alpha value is -2.75. The summed E-state index contributed by atoms with van der Waals surface area (Å²) in [6.07, 6.45) is -7.70. The Labute approximate surface area is 187 Å². The molecule has 0 saturated carbocycles. The normalized spacial score (nSPS) is 13.8. The van der Waals surface area contributed by atoms with E-state index in [1.807, 2.05) is 13.8 Å². The number of alkyl halides is 6. The maximum Gasteiger partial charge on any atom is 0.417 e. The predicted molar refractivity (Wildman–Crippen MR) is 116 cm³/mol. The summed E-state index contributed by atoms with van der Waals surface area (Å²) >= 11 is 0. The van der Waals surface area contributed by atoms with Crippen LogP contribution in [0, 0.1) is 5.92 Å². The molecule has 0 amide bonds. The van der Waals surface area contributed by atoms with Crippen molar-refractivity contribution in [2.45, 2.75) is 32.7 Å². The number of fused-ring (bicyclic) bond motifs is 1. The van der Waals surface area contributed by atoms with Gasteiger partial charge in [0.1, 0.15) is 0 Å². The standard InChI is InChI=1S/C23H21F6NO2S/c1-14(2)11-30-12-18(20(23(27,28)29)13-33(3,31)32)17-9-8-15(10-21(17)30)16-6-4-5-7-19(16)22(24,25)26/h4-10,12-14H,11H2,1-3H3. The Morgan fingerprint density at radius 1 is 1.03 bits per heavy atom. The summed E-state index contributed by atoms with van der Waals surface area (Å²) in [5, 5.41) is 0.269. The number of sulfone groups is 1. The molecule has 0 atom stereocenters. The van der Waals surface area contributed by atoms with Gasteiger partial charge in [0.05, 0.1) is 11.1 Å². The summed E-state index contributed by atoms with van der Waals surface area (Å²) in [7, 11) is -4.13. The van der Waals surface area contributed by atoms with Crippen molar-refractivity contribution in [3.8, 4) is 11.1 Å². The van der Waals surface area contributed by atoms with Gasteiger partial charge in [0.25, 0.3) is 0 Å². The highest BCUT2D eigenvalue weighted by Gasteiger charge is 2.38. The molecule has 0 aliphatic carbocycles. The van der Waals surface area contributed by atoms with Gasteiger partial charge in [-0.3, -0.25) is 0 Å². The van der Waals surface area contributed by atoms with Crippen LogP contribution in [0.15, 0.2) is 54.1 Å². The van der Waals surface area contributed by atoms with Crippen molar-refractivity contribution < 1.29 is 34.8 Å². The first kappa shape index (κ1) is 24.9. The smallest absolute Gasteiger partial charge is 0.347 e. The van der Waals surface area contributed by atoms with E-state index < -0.39 is 33.3 Å². The third-order valence-corrected chi connectivity index (χ3v) is 5.58. The van der Waals surface area contributed by atoms with Crippen LogP contribution >= 0.6 is 0 Å². The number of nitrogens with zero attached hydrogens (tertiary/aromatic N) is 1. The minimum atomic E-state index is -4.96. The zero-order chi connectivity index (χ0) is 24.8. The van der Waals surface area contributed by atoms with E-state index in [9.17, 15) is 34.8 Å². The average molecular weight is 489 g/mol. The topological polar surface area (TPSA) is 39.1 Å². The van der Waals surface area contributed by atoms with E-state index >= 15 is 0 Å². The van der Waals surface area contributed by atoms with E-state index in [1.165, 1.54) is 47.2 Å². The van der Waals surface area contributed by atoms with Gasteiger partial charge >= 0.3 is 12.4 Å². The monoisotopic (exact) mass is 489 g/mol. The summed E-state index contributed by atoms with van der Waals surface area (Å²) in [4.78, 5) is 0. The fraction of sp³-hybridized carbons (Fsp3) is 0.304. The first-order chi connectivity index (χ1) is 15.1. The van der Waals surface area contributed by atoms with Crippen molar-refractivity contribution in [3.05, 3.63) is 65.2 Å². The SMILES string of the molecule is CC(C)Cn1cc(C(=CS(C)(=O)=O)C(F)(F)F)c2ccc(-c3ccccc3C(F)(F)F)cc21. The molecule has 0 fully saturated rings. The van der Waals surface area contributed by atoms with E-state index in [0.717, 1.165) is 6.07 Å². The molecular formula is C23H21F6NO2S. The van der Waals surface area contributed by atoms with Crippen LogP contribution in [-0.4, -0.2) is 25.4 Å². The van der Waals surface area contributed by atoms with Crippen LogP contribution in [0.1, 0.15) is 25.0 Å². The molecule has 3 rings (SSSR count). The highest BCUT2D eigenvalue weighted by atomic mass is 32.2. The van der Waals surface area contributed by atoms with Gasteiger partial charge in [-0.1, -0.05) is 44.2 Å². The number of hydrogen-bond acceptors (Lipinski definition) is 2. The summed E-state index contributed by atoms with van der Waals surface area (Å²) in [6, 6.07) is 8.96. The van der Waals surface area contributed by atoms with Crippen molar-refractivity contribution in [1.82, 2.24) is 4.57 Å². The van der Waals surface area contributed by atoms with Gasteiger partial charge in [-0.15, -0.1) is 0 Å². The molecule has 0 bridgehead atoms. The van der Waals surface area contributed by atoms with Gasteiger partial charge in [-0.25, -0.2) is 8.42 Å². The third-order valence-electron chi connectivity index (χ3n) is 4.92. The van der Waals surface area contributed by atoms with E-state index in [4.69, 9.17) is 0 Å². The minimum absolute atomic E-state index is 0.00721. The molecule has 0 aliphatic rings. The van der Waals surface area contributed by atoms with Gasteiger partial charge in [-0.2, -0.15) is 26.3 Å². The number of allylic oxidation sites excluding steroid dienone is 1. The molecular weight excluding hydrogens is 468 g/mol. The molecule has 1 heterocycles. The largest absolute Gasteiger partial charge is 0.417 e. The lowest BCUT2D eigenvalue weighted by Crippen LogP contribution is -2.12. The number of aromatic nitrogens is 1. The second-order valence-corrected chi connectivity index (χ2v) is 10.1. The average Bonchev–Trinajstić information content (AvgIpc) is 3.00. The van der Waals surface area contributed by atoms with Gasteiger partial charge < -0.3 is 4.57 Å². The number of benzene rings is 2. The van der Waals surface area contributed by atoms with Crippen molar-refractivity contribution in [2.24, 2.45) is 5.92 Å². The fourth-order valence-electron chi connectivity index (χ4n) is 3.70. The second kappa shape index (κ2) is 8.55. The van der Waals surface area contributed by atoms with Crippen LogP contribution in [0.4, 0.5) is 26.3 Å². The van der Waals surface area contributed by atoms with Crippen LogP contribution < -0.4 is 0 Å². The van der Waals surface area contributed by atoms with Crippen LogP contribution in [0.5, 0.6) is 0 Å². The van der Waals surface area contributed by atoms with Crippen LogP contribution in [0.2, 0.25) is 0 Å². The van der Waals surface area contributed by atoms with Crippen LogP contribution in [0.25, 0.3) is 27.6 Å². The highest BCUT2D eigenvalue weighted by Crippen LogP contribution is 2.42. The molecule has 0 spiro atoms. The van der Waals surface area contributed by atoms with E-state index in [0.29, 0.717) is 6.26 Å². The molecule has 3 aromatic rings. The molecule has 0 N–H and O–H groups in total. The molecule has 0 unspecified atom stereocenters. The lowest BCUT2D eigenvalue weighted by molar-refractivity contribution is -0.137. The molecule has 0 radical (unpaired) electrons. The molecule has 1 aromatic heterocycles. The summed E-state index contributed by atoms with van der Waals surface area (Å²) in [5.74, 6) is 0.00721. The van der Waals surface area contributed by atoms with Gasteiger partial charge in [0, 0.05) is 40.9 Å². The number of hydrogen-bond donors (Lipinski definition) is 0. The number of halogens is 6. The Bertz CT molecular complexity index is 1310. The lowest BCUT2D eigenvalue weighted by atomic mass is 9.97. The minimum Gasteiger partial charge on any atom is -0.347 e. The molecule has 178 valence electrons. The maximum absolute atomic E-state index is 13.8. The van der Waals surface area contributed by atoms with Crippen molar-refractivity contribution in [2.75, 3.05) is 6.26 Å². The molecule has 3 nitrogen and oxygen atoms in total. The highest BCUT2D eigenvalue weighted by molar-refractivity contribution is 7.93. The summed E-state index contributed by atoms with van der Waals surface area (Å²) in [6.45, 7) is 3.96. The Balaban J connectivity index is 2.33. The zero-order valence-electron chi connectivity index (χ0n) is 17.9. The molecule has 0 aliphatic heterocycles. The molecule has 0 saturated heterocycles. The molecule has 10 heteroatoms. The molecule has 33 heavy (non-hydrogen) atoms. The summed E-state index contributed by atoms with van der Waals surface area (Å²) < 4.78 is 107. The Morgan fingerprint density at radius 2 is 1.67 bits per heavy atom. The lowest BCUT2D eigenvalue weighted by Gasteiger charge is -2.14. The Kier molecular flexibility index (Phi) is 6.45. The fourth-order valence-corrected chi connectivity index (χ4v) is 4.39. The second-order valence-electron chi connectivity index (χ2n) is 8.22. The van der Waals surface area contributed by atoms with Crippen LogP contribution in [0.3, 0.4) is 0 Å². The van der Waals surface area contributed by atoms with E-state index in [-0.39, 0.29) is 45.5 Å². The van der Waals surface area contributed by atoms with Gasteiger partial charge in [0.15, 0.2) is 9.84 Å². The first-order valence-corrected chi connectivity index (χ1v) is 11.8. The van der Waals surface area contributed by atoms with E-state index in [2.05, 4.69) is 0 Å². The van der Waals surface area contributed by atoms with Crippen molar-refractivity contribution in [3.63, 3.8) is 0 Å².